The molecule has 1 saturated heterocycles. The largest absolute Gasteiger partial charge is 0.416 e. The molecule has 50 heavy (non-hydrogen) atoms. The average Bonchev–Trinajstić information content (AvgIpc) is 3.51. The number of benzene rings is 2. The first-order chi connectivity index (χ1) is 24.0. The summed E-state index contributed by atoms with van der Waals surface area (Å²) in [6, 6.07) is 9.39. The number of aromatic amines is 1. The van der Waals surface area contributed by atoms with Gasteiger partial charge in [-0.15, -0.1) is 0 Å². The van der Waals surface area contributed by atoms with Crippen molar-refractivity contribution in [1.82, 2.24) is 24.8 Å². The SMILES string of the molecule is CCCCOCCOCCOCCN1CCN(Cc2ccc(-c3c[nH]c4nc(Nc5cc(C(F)(F)F)cc(C(F)(F)F)c5)ncc34)cc2)CC1. The molecule has 0 saturated carbocycles. The van der Waals surface area contributed by atoms with E-state index in [9.17, 15) is 26.3 Å². The number of hydrogen-bond acceptors (Lipinski definition) is 8. The van der Waals surface area contributed by atoms with Gasteiger partial charge in [0.2, 0.25) is 5.95 Å². The van der Waals surface area contributed by atoms with Crippen LogP contribution in [0.3, 0.4) is 0 Å². The highest BCUT2D eigenvalue weighted by molar-refractivity contribution is 5.93. The molecule has 0 radical (unpaired) electrons. The number of H-pyrrole nitrogens is 1. The number of nitrogens with one attached hydrogen (secondary N) is 2. The van der Waals surface area contributed by atoms with Gasteiger partial charge in [-0.3, -0.25) is 9.80 Å². The Morgan fingerprint density at radius 2 is 1.38 bits per heavy atom. The Kier molecular flexibility index (Phi) is 13.1. The number of fused-ring (bicyclic) bond motifs is 1. The quantitative estimate of drug-likeness (QED) is 0.0869. The van der Waals surface area contributed by atoms with Crippen molar-refractivity contribution in [3.05, 3.63) is 71.5 Å². The van der Waals surface area contributed by atoms with E-state index in [2.05, 4.69) is 49.1 Å². The molecule has 9 nitrogen and oxygen atoms in total. The lowest BCUT2D eigenvalue weighted by atomic mass is 10.0. The van der Waals surface area contributed by atoms with Gasteiger partial charge in [-0.25, -0.2) is 4.98 Å². The molecule has 0 atom stereocenters. The van der Waals surface area contributed by atoms with E-state index < -0.39 is 29.2 Å². The van der Waals surface area contributed by atoms with Crippen LogP contribution in [0, 0.1) is 0 Å². The number of anilines is 2. The lowest BCUT2D eigenvalue weighted by Crippen LogP contribution is -2.46. The third kappa shape index (κ3) is 10.9. The second-order valence-electron chi connectivity index (χ2n) is 12.1. The summed E-state index contributed by atoms with van der Waals surface area (Å²) in [5.41, 5.74) is -0.0137. The van der Waals surface area contributed by atoms with Gasteiger partial charge in [0.1, 0.15) is 5.65 Å². The second kappa shape index (κ2) is 17.4. The van der Waals surface area contributed by atoms with Crippen LogP contribution in [0.2, 0.25) is 0 Å². The number of ether oxygens (including phenoxy) is 3. The van der Waals surface area contributed by atoms with Gasteiger partial charge in [0, 0.05) is 74.9 Å². The van der Waals surface area contributed by atoms with E-state index in [1.807, 2.05) is 12.1 Å². The fourth-order valence-electron chi connectivity index (χ4n) is 5.56. The second-order valence-corrected chi connectivity index (χ2v) is 12.1. The monoisotopic (exact) mass is 708 g/mol. The zero-order valence-electron chi connectivity index (χ0n) is 27.9. The maximum atomic E-state index is 13.3. The highest BCUT2D eigenvalue weighted by Crippen LogP contribution is 2.38. The third-order valence-electron chi connectivity index (χ3n) is 8.35. The molecule has 1 aliphatic rings. The highest BCUT2D eigenvalue weighted by atomic mass is 19.4. The Labute approximate surface area is 286 Å². The summed E-state index contributed by atoms with van der Waals surface area (Å²) in [5.74, 6) is -0.148. The molecule has 0 bridgehead atoms. The van der Waals surface area contributed by atoms with Crippen LogP contribution in [0.5, 0.6) is 0 Å². The molecule has 0 unspecified atom stereocenters. The van der Waals surface area contributed by atoms with Crippen LogP contribution in [0.1, 0.15) is 36.5 Å². The minimum Gasteiger partial charge on any atom is -0.379 e. The maximum Gasteiger partial charge on any atom is 0.416 e. The number of piperazine rings is 1. The third-order valence-corrected chi connectivity index (χ3v) is 8.35. The first-order valence-corrected chi connectivity index (χ1v) is 16.7. The van der Waals surface area contributed by atoms with Crippen LogP contribution in [-0.4, -0.2) is 97.1 Å². The molecule has 272 valence electrons. The zero-order valence-corrected chi connectivity index (χ0v) is 27.9. The van der Waals surface area contributed by atoms with Gasteiger partial charge < -0.3 is 24.5 Å². The molecule has 5 rings (SSSR count). The number of alkyl halides is 6. The first kappa shape index (κ1) is 37.5. The topological polar surface area (TPSA) is 87.8 Å². The van der Waals surface area contributed by atoms with E-state index >= 15 is 0 Å². The van der Waals surface area contributed by atoms with E-state index in [0.717, 1.165) is 69.8 Å². The molecule has 1 aliphatic heterocycles. The summed E-state index contributed by atoms with van der Waals surface area (Å²) in [4.78, 5) is 16.3. The van der Waals surface area contributed by atoms with Crippen molar-refractivity contribution in [2.24, 2.45) is 0 Å². The summed E-state index contributed by atoms with van der Waals surface area (Å²) >= 11 is 0. The summed E-state index contributed by atoms with van der Waals surface area (Å²) in [7, 11) is 0. The molecule has 4 aromatic rings. The van der Waals surface area contributed by atoms with Crippen LogP contribution in [0.4, 0.5) is 38.0 Å². The number of rotatable bonds is 17. The summed E-state index contributed by atoms with van der Waals surface area (Å²) in [5, 5.41) is 3.14. The number of nitrogens with zero attached hydrogens (tertiary/aromatic N) is 4. The Bertz CT molecular complexity index is 1610. The van der Waals surface area contributed by atoms with Crippen molar-refractivity contribution < 1.29 is 40.6 Å². The summed E-state index contributed by atoms with van der Waals surface area (Å²) < 4.78 is 96.3. The molecular weight excluding hydrogens is 666 g/mol. The first-order valence-electron chi connectivity index (χ1n) is 16.7. The smallest absolute Gasteiger partial charge is 0.379 e. The Morgan fingerprint density at radius 1 is 0.780 bits per heavy atom. The molecule has 15 heteroatoms. The van der Waals surface area contributed by atoms with E-state index in [4.69, 9.17) is 14.2 Å². The normalized spacial score (nSPS) is 14.9. The van der Waals surface area contributed by atoms with Gasteiger partial charge in [-0.1, -0.05) is 37.6 Å². The van der Waals surface area contributed by atoms with E-state index in [1.54, 1.807) is 6.20 Å². The van der Waals surface area contributed by atoms with Gasteiger partial charge >= 0.3 is 12.4 Å². The molecule has 2 N–H and O–H groups in total. The number of hydrogen-bond donors (Lipinski definition) is 2. The minimum atomic E-state index is -4.96. The van der Waals surface area contributed by atoms with Crippen molar-refractivity contribution in [3.63, 3.8) is 0 Å². The maximum absolute atomic E-state index is 13.3. The molecular formula is C35H42F6N6O3. The van der Waals surface area contributed by atoms with E-state index in [0.29, 0.717) is 56.2 Å². The van der Waals surface area contributed by atoms with Crippen LogP contribution in [0.15, 0.2) is 54.9 Å². The molecule has 1 fully saturated rings. The van der Waals surface area contributed by atoms with Crippen LogP contribution < -0.4 is 5.32 Å². The zero-order chi connectivity index (χ0) is 35.6. The van der Waals surface area contributed by atoms with E-state index in [1.165, 1.54) is 11.8 Å². The van der Waals surface area contributed by atoms with Gasteiger partial charge in [0.15, 0.2) is 0 Å². The summed E-state index contributed by atoms with van der Waals surface area (Å²) in [6.45, 7) is 11.5. The molecule has 3 heterocycles. The van der Waals surface area contributed by atoms with Gasteiger partial charge in [-0.2, -0.15) is 31.3 Å². The fourth-order valence-corrected chi connectivity index (χ4v) is 5.56. The highest BCUT2D eigenvalue weighted by Gasteiger charge is 2.37. The predicted molar refractivity (Wildman–Crippen MR) is 178 cm³/mol. The Balaban J connectivity index is 1.07. The molecule has 2 aromatic heterocycles. The van der Waals surface area contributed by atoms with Crippen LogP contribution in [-0.2, 0) is 33.1 Å². The standard InChI is InChI=1S/C35H42F6N6O3/c1-2-3-13-48-15-17-50-18-16-49-14-12-46-8-10-47(11-9-46)24-25-4-6-26(7-5-25)30-22-42-32-31(30)23-43-33(45-32)44-29-20-27(34(36,37)38)19-28(21-29)35(39,40)41/h4-7,19-23H,2-3,8-18,24H2,1H3,(H2,42,43,44,45). The van der Waals surface area contributed by atoms with Crippen LogP contribution >= 0.6 is 0 Å². The minimum absolute atomic E-state index is 0.0722. The number of halogens is 6. The van der Waals surface area contributed by atoms with Crippen LogP contribution in [0.25, 0.3) is 22.2 Å². The Hall–Kier alpha value is -3.76. The van der Waals surface area contributed by atoms with Crippen molar-refractivity contribution in [2.75, 3.05) is 77.7 Å². The molecule has 0 aliphatic carbocycles. The van der Waals surface area contributed by atoms with Gasteiger partial charge in [0.25, 0.3) is 0 Å². The summed E-state index contributed by atoms with van der Waals surface area (Å²) in [6.07, 6.45) is -4.50. The fraction of sp³-hybridized carbons (Fsp3) is 0.486. The molecule has 0 spiro atoms. The van der Waals surface area contributed by atoms with E-state index in [-0.39, 0.29) is 12.0 Å². The van der Waals surface area contributed by atoms with Gasteiger partial charge in [-0.05, 0) is 35.7 Å². The average molecular weight is 709 g/mol. The lowest BCUT2D eigenvalue weighted by Gasteiger charge is -2.34. The number of aromatic nitrogens is 3. The van der Waals surface area contributed by atoms with Crippen molar-refractivity contribution >= 4 is 22.7 Å². The number of unbranched alkanes of at least 4 members (excludes halogenated alkanes) is 1. The molecule has 2 aromatic carbocycles. The lowest BCUT2D eigenvalue weighted by molar-refractivity contribution is -0.143. The van der Waals surface area contributed by atoms with Crippen molar-refractivity contribution in [3.8, 4) is 11.1 Å². The molecule has 0 amide bonds. The van der Waals surface area contributed by atoms with Gasteiger partial charge in [0.05, 0.1) is 44.2 Å². The van der Waals surface area contributed by atoms with Crippen molar-refractivity contribution in [2.45, 2.75) is 38.7 Å². The van der Waals surface area contributed by atoms with Crippen molar-refractivity contribution in [1.29, 1.82) is 0 Å². The predicted octanol–water partition coefficient (Wildman–Crippen LogP) is 7.37. The Morgan fingerprint density at radius 3 is 2.00 bits per heavy atom.